The van der Waals surface area contributed by atoms with E-state index in [9.17, 15) is 0 Å². The van der Waals surface area contributed by atoms with E-state index in [4.69, 9.17) is 0 Å². The Morgan fingerprint density at radius 3 is 0.438 bits per heavy atom. The van der Waals surface area contributed by atoms with Gasteiger partial charge in [-0.3, -0.25) is 0 Å². The topological polar surface area (TPSA) is 0 Å². The van der Waals surface area contributed by atoms with Crippen LogP contribution in [-0.2, 0) is 0 Å². The molecule has 3 fully saturated rings. The van der Waals surface area contributed by atoms with Crippen LogP contribution in [0.5, 0.6) is 0 Å². The average Bonchev–Trinajstić information content (AvgIpc) is 2.80. The van der Waals surface area contributed by atoms with Gasteiger partial charge in [0.25, 0.3) is 0 Å². The third-order valence-corrected chi connectivity index (χ3v) is 13.8. The van der Waals surface area contributed by atoms with Crippen molar-refractivity contribution in [2.75, 3.05) is 37.0 Å². The van der Waals surface area contributed by atoms with Gasteiger partial charge in [0.05, 0.1) is 0 Å². The molecule has 190 valence electrons. The summed E-state index contributed by atoms with van der Waals surface area (Å²) in [5, 5.41) is 0. The lowest BCUT2D eigenvalue weighted by Gasteiger charge is -2.19. The maximum Gasteiger partial charge on any atom is -0.0326 e. The normalized spacial score (nSPS) is 29.2. The lowest BCUT2D eigenvalue weighted by molar-refractivity contribution is 0.577. The summed E-state index contributed by atoms with van der Waals surface area (Å²) in [6, 6.07) is 0. The van der Waals surface area contributed by atoms with Crippen molar-refractivity contribution in [1.29, 1.82) is 0 Å². The molecule has 0 atom stereocenters. The molecule has 3 aliphatic rings. The van der Waals surface area contributed by atoms with Gasteiger partial charge in [0.2, 0.25) is 0 Å². The summed E-state index contributed by atoms with van der Waals surface area (Å²) < 4.78 is 0. The molecule has 0 N–H and O–H groups in total. The summed E-state index contributed by atoms with van der Waals surface area (Å²) >= 11 is 0. The minimum Gasteiger partial charge on any atom is -0.107 e. The Morgan fingerprint density at radius 1 is 0.156 bits per heavy atom. The molecular weight excluding hydrogens is 422 g/mol. The van der Waals surface area contributed by atoms with Gasteiger partial charge in [-0.1, -0.05) is 116 Å². The predicted molar refractivity (Wildman–Crippen MR) is 154 cm³/mol. The molecule has 0 amide bonds. The van der Waals surface area contributed by atoms with Crippen LogP contribution in [0.1, 0.15) is 154 Å². The number of hydrogen-bond donors (Lipinski definition) is 0. The largest absolute Gasteiger partial charge is 0.107 e. The van der Waals surface area contributed by atoms with E-state index in [0.717, 1.165) is 0 Å². The molecule has 2 heteroatoms. The number of rotatable bonds is 0. The molecule has 2 bridgehead atoms. The van der Waals surface area contributed by atoms with Crippen LogP contribution in [0, 0.1) is 0 Å². The molecule has 0 spiro atoms. The monoisotopic (exact) mass is 482 g/mol. The van der Waals surface area contributed by atoms with E-state index < -0.39 is 0 Å². The highest BCUT2D eigenvalue weighted by Crippen LogP contribution is 2.41. The summed E-state index contributed by atoms with van der Waals surface area (Å²) in [5.41, 5.74) is 0. The second-order valence-corrected chi connectivity index (χ2v) is 16.5. The average molecular weight is 483 g/mol. The highest BCUT2D eigenvalue weighted by atomic mass is 31.1. The molecule has 0 radical (unpaired) electrons. The van der Waals surface area contributed by atoms with Crippen LogP contribution in [0.15, 0.2) is 0 Å². The van der Waals surface area contributed by atoms with Crippen LogP contribution in [0.3, 0.4) is 0 Å². The van der Waals surface area contributed by atoms with E-state index in [0.29, 0.717) is 15.8 Å². The van der Waals surface area contributed by atoms with Crippen molar-refractivity contribution >= 4 is 15.8 Å². The molecule has 0 unspecified atom stereocenters. The quantitative estimate of drug-likeness (QED) is 0.301. The van der Waals surface area contributed by atoms with E-state index in [2.05, 4.69) is 0 Å². The van der Waals surface area contributed by atoms with Crippen molar-refractivity contribution in [3.63, 3.8) is 0 Å². The van der Waals surface area contributed by atoms with Gasteiger partial charge in [-0.2, -0.15) is 0 Å². The minimum absolute atomic E-state index is 0.361. The van der Waals surface area contributed by atoms with Gasteiger partial charge < -0.3 is 0 Å². The van der Waals surface area contributed by atoms with Crippen molar-refractivity contribution in [3.8, 4) is 0 Å². The first-order chi connectivity index (χ1) is 15.9. The lowest BCUT2D eigenvalue weighted by Crippen LogP contribution is -1.98. The summed E-state index contributed by atoms with van der Waals surface area (Å²) in [5.74, 6) is 0. The molecule has 3 aliphatic heterocycles. The van der Waals surface area contributed by atoms with E-state index in [1.54, 1.807) is 75.5 Å². The van der Waals surface area contributed by atoms with E-state index in [1.165, 1.54) is 116 Å². The van der Waals surface area contributed by atoms with Gasteiger partial charge in [-0.05, 0) is 75.5 Å². The fourth-order valence-corrected chi connectivity index (χ4v) is 11.2. The molecule has 3 rings (SSSR count). The van der Waals surface area contributed by atoms with E-state index >= 15 is 0 Å². The van der Waals surface area contributed by atoms with Gasteiger partial charge in [-0.15, -0.1) is 15.8 Å². The highest BCUT2D eigenvalue weighted by Gasteiger charge is 2.10. The molecule has 0 aromatic heterocycles. The zero-order valence-electron chi connectivity index (χ0n) is 22.1. The molecule has 3 heterocycles. The van der Waals surface area contributed by atoms with E-state index in [-0.39, 0.29) is 0 Å². The summed E-state index contributed by atoms with van der Waals surface area (Å²) in [6.07, 6.45) is 46.4. The third kappa shape index (κ3) is 17.3. The summed E-state index contributed by atoms with van der Waals surface area (Å²) in [4.78, 5) is 0. The van der Waals surface area contributed by atoms with Gasteiger partial charge in [0.1, 0.15) is 0 Å². The smallest absolute Gasteiger partial charge is 0.0326 e. The summed E-state index contributed by atoms with van der Waals surface area (Å²) in [6.45, 7) is 0. The standard InChI is InChI=1S/C30H60P2/c1-2-8-14-20-26-32-29-23-17-11-5-3-9-15-21-27-31(25-19-13-7-1)28-22-16-10-4-6-12-18-24-30-32/h1-30H2. The molecular formula is C30H60P2. The SMILES string of the molecule is C1CCCCCP2CCCCCCCCCCP(CCCC1)CCCCCCCCCC2. The number of hydrogen-bond acceptors (Lipinski definition) is 0. The Kier molecular flexibility index (Phi) is 20.3. The molecule has 32 heavy (non-hydrogen) atoms. The Bertz CT molecular complexity index is 290. The first-order valence-electron chi connectivity index (χ1n) is 15.4. The maximum absolute atomic E-state index is 1.61. The molecule has 0 aromatic carbocycles. The highest BCUT2D eigenvalue weighted by molar-refractivity contribution is 7.57. The van der Waals surface area contributed by atoms with Crippen LogP contribution < -0.4 is 0 Å². The third-order valence-electron chi connectivity index (χ3n) is 8.10. The van der Waals surface area contributed by atoms with Crippen LogP contribution in [0.4, 0.5) is 0 Å². The fraction of sp³-hybridized carbons (Fsp3) is 1.00. The van der Waals surface area contributed by atoms with Gasteiger partial charge in [0.15, 0.2) is 0 Å². The van der Waals surface area contributed by atoms with Crippen LogP contribution in [0.25, 0.3) is 0 Å². The minimum atomic E-state index is 0.361. The molecule has 0 saturated carbocycles. The Morgan fingerprint density at radius 2 is 0.281 bits per heavy atom. The zero-order valence-corrected chi connectivity index (χ0v) is 23.9. The molecule has 0 aliphatic carbocycles. The van der Waals surface area contributed by atoms with Crippen molar-refractivity contribution in [1.82, 2.24) is 0 Å². The zero-order chi connectivity index (χ0) is 22.4. The molecule has 0 nitrogen and oxygen atoms in total. The Labute approximate surface area is 206 Å². The Balaban J connectivity index is 1.86. The summed E-state index contributed by atoms with van der Waals surface area (Å²) in [7, 11) is 0.722. The number of fused-ring (bicyclic) bond motifs is 27. The lowest BCUT2D eigenvalue weighted by atomic mass is 10.1. The van der Waals surface area contributed by atoms with E-state index in [1.807, 2.05) is 0 Å². The predicted octanol–water partition coefficient (Wildman–Crippen LogP) is 11.3. The van der Waals surface area contributed by atoms with Crippen LogP contribution in [-0.4, -0.2) is 37.0 Å². The van der Waals surface area contributed by atoms with Gasteiger partial charge >= 0.3 is 0 Å². The van der Waals surface area contributed by atoms with Crippen molar-refractivity contribution < 1.29 is 0 Å². The molecule has 0 aromatic rings. The van der Waals surface area contributed by atoms with Crippen LogP contribution in [0.2, 0.25) is 0 Å². The second kappa shape index (κ2) is 22.3. The first kappa shape index (κ1) is 29.1. The second-order valence-electron chi connectivity index (χ2n) is 11.2. The Hall–Kier alpha value is 0.860. The van der Waals surface area contributed by atoms with Crippen molar-refractivity contribution in [2.45, 2.75) is 154 Å². The van der Waals surface area contributed by atoms with Crippen molar-refractivity contribution in [3.05, 3.63) is 0 Å². The first-order valence-corrected chi connectivity index (χ1v) is 19.2. The fourth-order valence-electron chi connectivity index (χ4n) is 5.87. The van der Waals surface area contributed by atoms with Gasteiger partial charge in [0, 0.05) is 0 Å². The molecule has 3 saturated heterocycles. The van der Waals surface area contributed by atoms with Crippen molar-refractivity contribution in [2.24, 2.45) is 0 Å². The van der Waals surface area contributed by atoms with Crippen LogP contribution >= 0.6 is 15.8 Å². The van der Waals surface area contributed by atoms with Gasteiger partial charge in [-0.25, -0.2) is 0 Å². The maximum atomic E-state index is 1.61.